The zero-order chi connectivity index (χ0) is 30.7. The van der Waals surface area contributed by atoms with Crippen LogP contribution in [-0.4, -0.2) is 63.1 Å². The fourth-order valence-electron chi connectivity index (χ4n) is 5.15. The van der Waals surface area contributed by atoms with Gasteiger partial charge >= 0.3 is 0 Å². The van der Waals surface area contributed by atoms with Gasteiger partial charge in [0.2, 0.25) is 5.13 Å². The Hall–Kier alpha value is -3.33. The number of hydrogen-bond donors (Lipinski definition) is 0. The number of methoxy groups -OCH3 is 2. The monoisotopic (exact) mass is 693 g/mol. The molecule has 1 saturated heterocycles. The highest BCUT2D eigenvalue weighted by Crippen LogP contribution is 2.39. The maximum Gasteiger partial charge on any atom is 0.272 e. The van der Waals surface area contributed by atoms with Crippen LogP contribution >= 0.6 is 27.5 Å². The molecule has 2 heterocycles. The van der Waals surface area contributed by atoms with Crippen molar-refractivity contribution in [3.8, 4) is 11.5 Å². The van der Waals surface area contributed by atoms with Gasteiger partial charge < -0.3 is 14.4 Å². The summed E-state index contributed by atoms with van der Waals surface area (Å²) in [6.07, 6.45) is 1.96. The molecule has 1 aliphatic rings. The molecule has 0 N–H and O–H groups in total. The largest absolute Gasteiger partial charge is 0.497 e. The summed E-state index contributed by atoms with van der Waals surface area (Å²) in [4.78, 5) is 7.02. The Morgan fingerprint density at radius 3 is 2.56 bits per heavy atom. The number of halogens is 3. The minimum Gasteiger partial charge on any atom is -0.497 e. The molecule has 0 bridgehead atoms. The van der Waals surface area contributed by atoms with Gasteiger partial charge in [0, 0.05) is 55.9 Å². The average Bonchev–Trinajstić information content (AvgIpc) is 3.70. The summed E-state index contributed by atoms with van der Waals surface area (Å²) >= 11 is 4.02. The molecule has 0 spiro atoms. The van der Waals surface area contributed by atoms with E-state index >= 15 is 8.78 Å². The molecular formula is C29H30BrF2N5O4S2. The number of benzene rings is 3. The fourth-order valence-corrected chi connectivity index (χ4v) is 8.12. The number of ether oxygens (including phenoxy) is 2. The molecule has 1 aromatic heterocycles. The Labute approximate surface area is 262 Å². The summed E-state index contributed by atoms with van der Waals surface area (Å²) in [6.45, 7) is 1.97. The summed E-state index contributed by atoms with van der Waals surface area (Å²) in [5.74, 6) is -1.60. The van der Waals surface area contributed by atoms with Gasteiger partial charge in [0.25, 0.3) is 10.0 Å². The first-order valence-electron chi connectivity index (χ1n) is 13.3. The first-order chi connectivity index (χ1) is 20.6. The predicted octanol–water partition coefficient (Wildman–Crippen LogP) is 5.70. The molecule has 5 rings (SSSR count). The molecule has 0 aliphatic carbocycles. The molecule has 228 valence electrons. The van der Waals surface area contributed by atoms with Crippen molar-refractivity contribution in [1.82, 2.24) is 14.3 Å². The number of aromatic nitrogens is 2. The number of likely N-dealkylation sites (N-methyl/N-ethyl adjacent to an activating group) is 1. The highest BCUT2D eigenvalue weighted by atomic mass is 79.9. The Morgan fingerprint density at radius 1 is 1.12 bits per heavy atom. The van der Waals surface area contributed by atoms with Gasteiger partial charge in [-0.3, -0.25) is 4.90 Å². The van der Waals surface area contributed by atoms with Gasteiger partial charge in [0.15, 0.2) is 10.7 Å². The van der Waals surface area contributed by atoms with Crippen LogP contribution in [0.2, 0.25) is 0 Å². The first kappa shape index (κ1) is 31.1. The van der Waals surface area contributed by atoms with E-state index in [1.54, 1.807) is 30.1 Å². The topological polar surface area (TPSA) is 88.1 Å². The third-order valence-electron chi connectivity index (χ3n) is 7.44. The summed E-state index contributed by atoms with van der Waals surface area (Å²) in [6, 6.07) is 16.0. The van der Waals surface area contributed by atoms with Gasteiger partial charge in [-0.05, 0) is 46.1 Å². The summed E-state index contributed by atoms with van der Waals surface area (Å²) in [5.41, 5.74) is 1.84. The first-order valence-corrected chi connectivity index (χ1v) is 16.3. The lowest BCUT2D eigenvalue weighted by atomic mass is 10.2. The van der Waals surface area contributed by atoms with Crippen LogP contribution in [0.4, 0.5) is 19.6 Å². The number of hydrogen-bond acceptors (Lipinski definition) is 9. The van der Waals surface area contributed by atoms with Gasteiger partial charge in [-0.15, -0.1) is 0 Å². The second-order valence-electron chi connectivity index (χ2n) is 10.0. The number of nitrogens with zero attached hydrogens (tertiary/aromatic N) is 5. The Bertz CT molecular complexity index is 1680. The average molecular weight is 695 g/mol. The number of sulfonamides is 1. The maximum absolute atomic E-state index is 16.0. The molecule has 0 amide bonds. The zero-order valence-corrected chi connectivity index (χ0v) is 26.9. The van der Waals surface area contributed by atoms with Crippen LogP contribution < -0.4 is 18.7 Å². The SMILES string of the molecule is COc1ccc(CN(c2ncns2)S(=O)(=O)c2c(F)cc(N(C)C3CCN(Cc4ccccc4)C3)c(Br)c2F)c(OC)c1. The maximum atomic E-state index is 16.0. The van der Waals surface area contributed by atoms with E-state index in [0.717, 1.165) is 41.4 Å². The molecule has 1 atom stereocenters. The number of rotatable bonds is 11. The second-order valence-corrected chi connectivity index (χ2v) is 13.4. The summed E-state index contributed by atoms with van der Waals surface area (Å²) < 4.78 is 75.0. The van der Waals surface area contributed by atoms with Crippen LogP contribution in [0.1, 0.15) is 17.5 Å². The van der Waals surface area contributed by atoms with Crippen molar-refractivity contribution in [3.63, 3.8) is 0 Å². The predicted molar refractivity (Wildman–Crippen MR) is 165 cm³/mol. The van der Waals surface area contributed by atoms with Crippen LogP contribution in [0, 0.1) is 11.6 Å². The van der Waals surface area contributed by atoms with E-state index in [1.807, 2.05) is 18.2 Å². The summed E-state index contributed by atoms with van der Waals surface area (Å²) in [7, 11) is -0.127. The van der Waals surface area contributed by atoms with E-state index in [9.17, 15) is 8.42 Å². The van der Waals surface area contributed by atoms with E-state index in [0.29, 0.717) is 23.6 Å². The van der Waals surface area contributed by atoms with Crippen molar-refractivity contribution in [2.24, 2.45) is 0 Å². The molecule has 1 aliphatic heterocycles. The quantitative estimate of drug-likeness (QED) is 0.185. The minimum atomic E-state index is -4.80. The zero-order valence-electron chi connectivity index (χ0n) is 23.7. The van der Waals surface area contributed by atoms with Gasteiger partial charge in [-0.2, -0.15) is 4.37 Å². The molecular weight excluding hydrogens is 664 g/mol. The van der Waals surface area contributed by atoms with Gasteiger partial charge in [-0.1, -0.05) is 30.3 Å². The van der Waals surface area contributed by atoms with Crippen molar-refractivity contribution >= 4 is 48.3 Å². The standard InChI is InChI=1S/C29H30BrF2N5O4S2/c1-35(21-11-12-36(17-21)15-19-7-5-4-6-8-19)24-14-23(31)28(27(32)26(24)30)43(38,39)37(29-33-18-34-42-29)16-20-9-10-22(40-2)13-25(20)41-3/h4-10,13-14,18,21H,11-12,15-17H2,1-3H3. The van der Waals surface area contributed by atoms with Crippen LogP contribution in [-0.2, 0) is 23.1 Å². The minimum absolute atomic E-state index is 0.0262. The third-order valence-corrected chi connectivity index (χ3v) is 10.8. The molecule has 0 radical (unpaired) electrons. The Morgan fingerprint density at radius 2 is 1.88 bits per heavy atom. The van der Waals surface area contributed by atoms with Crippen LogP contribution in [0.5, 0.6) is 11.5 Å². The number of anilines is 2. The normalized spacial score (nSPS) is 15.4. The van der Waals surface area contributed by atoms with Crippen LogP contribution in [0.15, 0.2) is 70.3 Å². The number of likely N-dealkylation sites (tertiary alicyclic amines) is 1. The van der Waals surface area contributed by atoms with E-state index in [-0.39, 0.29) is 27.9 Å². The molecule has 9 nitrogen and oxygen atoms in total. The van der Waals surface area contributed by atoms with E-state index in [4.69, 9.17) is 9.47 Å². The van der Waals surface area contributed by atoms with Gasteiger partial charge in [0.1, 0.15) is 23.6 Å². The van der Waals surface area contributed by atoms with Crippen molar-refractivity contribution in [2.45, 2.75) is 30.4 Å². The van der Waals surface area contributed by atoms with E-state index < -0.39 is 26.6 Å². The Balaban J connectivity index is 1.45. The van der Waals surface area contributed by atoms with Gasteiger partial charge in [0.05, 0.1) is 30.9 Å². The molecule has 43 heavy (non-hydrogen) atoms. The summed E-state index contributed by atoms with van der Waals surface area (Å²) in [5, 5.41) is -0.0570. The molecule has 1 unspecified atom stereocenters. The lowest BCUT2D eigenvalue weighted by Crippen LogP contribution is -2.35. The van der Waals surface area contributed by atoms with Crippen molar-refractivity contribution in [2.75, 3.05) is 43.6 Å². The molecule has 3 aromatic carbocycles. The Kier molecular flexibility index (Phi) is 9.49. The van der Waals surface area contributed by atoms with Crippen molar-refractivity contribution in [1.29, 1.82) is 0 Å². The van der Waals surface area contributed by atoms with E-state index in [2.05, 4.69) is 42.3 Å². The van der Waals surface area contributed by atoms with Crippen LogP contribution in [0.25, 0.3) is 0 Å². The smallest absolute Gasteiger partial charge is 0.272 e. The molecule has 0 saturated carbocycles. The molecule has 14 heteroatoms. The van der Waals surface area contributed by atoms with Crippen molar-refractivity contribution in [3.05, 3.63) is 88.2 Å². The highest BCUT2D eigenvalue weighted by molar-refractivity contribution is 9.10. The van der Waals surface area contributed by atoms with E-state index in [1.165, 1.54) is 26.1 Å². The molecule has 4 aromatic rings. The fraction of sp³-hybridized carbons (Fsp3) is 0.310. The highest BCUT2D eigenvalue weighted by Gasteiger charge is 2.37. The van der Waals surface area contributed by atoms with Crippen LogP contribution in [0.3, 0.4) is 0 Å². The third kappa shape index (κ3) is 6.47. The lowest BCUT2D eigenvalue weighted by Gasteiger charge is -2.29. The molecule has 1 fully saturated rings. The second kappa shape index (κ2) is 13.1. The van der Waals surface area contributed by atoms with Crippen molar-refractivity contribution < 1.29 is 26.7 Å². The lowest BCUT2D eigenvalue weighted by molar-refractivity contribution is 0.326. The van der Waals surface area contributed by atoms with Gasteiger partial charge in [-0.25, -0.2) is 26.5 Å².